The van der Waals surface area contributed by atoms with Crippen LogP contribution in [0, 0.1) is 5.82 Å². The quantitative estimate of drug-likeness (QED) is 0.239. The van der Waals surface area contributed by atoms with E-state index in [0.717, 1.165) is 0 Å². The summed E-state index contributed by atoms with van der Waals surface area (Å²) < 4.78 is 23.6. The van der Waals surface area contributed by atoms with Crippen molar-refractivity contribution >= 4 is 41.3 Å². The maximum Gasteiger partial charge on any atom is 0.343 e. The van der Waals surface area contributed by atoms with E-state index in [-0.39, 0.29) is 27.6 Å². The lowest BCUT2D eigenvalue weighted by Crippen LogP contribution is -2.17. The molecular weight excluding hydrogens is 446 g/mol. The van der Waals surface area contributed by atoms with Gasteiger partial charge in [-0.2, -0.15) is 5.10 Å². The van der Waals surface area contributed by atoms with Gasteiger partial charge in [0.05, 0.1) is 28.9 Å². The third kappa shape index (κ3) is 5.81. The fourth-order valence-corrected chi connectivity index (χ4v) is 2.76. The zero-order valence-electron chi connectivity index (χ0n) is 16.1. The van der Waals surface area contributed by atoms with Crippen LogP contribution >= 0.6 is 23.2 Å². The SMILES string of the molecule is COc1cc(/C=N\NC(=O)c2ccc(F)cc2)ccc1OC(=O)c1ccc(Cl)c(Cl)c1. The maximum atomic E-state index is 12.9. The number of esters is 1. The van der Waals surface area contributed by atoms with Gasteiger partial charge in [0.25, 0.3) is 5.91 Å². The number of amides is 1. The van der Waals surface area contributed by atoms with Crippen LogP contribution in [-0.4, -0.2) is 25.2 Å². The zero-order valence-corrected chi connectivity index (χ0v) is 17.6. The molecule has 6 nitrogen and oxygen atoms in total. The van der Waals surface area contributed by atoms with Gasteiger partial charge in [-0.15, -0.1) is 0 Å². The van der Waals surface area contributed by atoms with Gasteiger partial charge in [-0.05, 0) is 66.2 Å². The maximum absolute atomic E-state index is 12.9. The van der Waals surface area contributed by atoms with Gasteiger partial charge < -0.3 is 9.47 Å². The minimum atomic E-state index is -0.634. The molecule has 0 saturated heterocycles. The first kappa shape index (κ1) is 22.3. The molecule has 3 rings (SSSR count). The van der Waals surface area contributed by atoms with E-state index in [0.29, 0.717) is 10.6 Å². The zero-order chi connectivity index (χ0) is 22.4. The van der Waals surface area contributed by atoms with E-state index >= 15 is 0 Å². The molecule has 0 aromatic heterocycles. The molecule has 3 aromatic rings. The van der Waals surface area contributed by atoms with Gasteiger partial charge in [0.15, 0.2) is 11.5 Å². The van der Waals surface area contributed by atoms with Crippen LogP contribution in [-0.2, 0) is 0 Å². The highest BCUT2D eigenvalue weighted by Crippen LogP contribution is 2.29. The topological polar surface area (TPSA) is 77.0 Å². The van der Waals surface area contributed by atoms with Crippen LogP contribution in [0.5, 0.6) is 11.5 Å². The van der Waals surface area contributed by atoms with Crippen molar-refractivity contribution in [2.75, 3.05) is 7.11 Å². The van der Waals surface area contributed by atoms with Crippen LogP contribution < -0.4 is 14.9 Å². The lowest BCUT2D eigenvalue weighted by molar-refractivity contribution is 0.0729. The highest BCUT2D eigenvalue weighted by Gasteiger charge is 2.14. The Labute approximate surface area is 187 Å². The average molecular weight is 461 g/mol. The summed E-state index contributed by atoms with van der Waals surface area (Å²) in [5, 5.41) is 4.42. The van der Waals surface area contributed by atoms with Crippen molar-refractivity contribution in [3.05, 3.63) is 93.2 Å². The number of ether oxygens (including phenoxy) is 2. The minimum Gasteiger partial charge on any atom is -0.493 e. The van der Waals surface area contributed by atoms with E-state index in [1.165, 1.54) is 61.9 Å². The Morgan fingerprint density at radius 3 is 2.32 bits per heavy atom. The highest BCUT2D eigenvalue weighted by molar-refractivity contribution is 6.42. The molecule has 0 unspecified atom stereocenters. The molecule has 3 aromatic carbocycles. The lowest BCUT2D eigenvalue weighted by Gasteiger charge is -2.10. The Balaban J connectivity index is 1.68. The Kier molecular flexibility index (Phi) is 7.23. The number of hydrogen-bond acceptors (Lipinski definition) is 5. The smallest absolute Gasteiger partial charge is 0.343 e. The fraction of sp³-hybridized carbons (Fsp3) is 0.0455. The number of benzene rings is 3. The number of hydrogen-bond donors (Lipinski definition) is 1. The predicted octanol–water partition coefficient (Wildman–Crippen LogP) is 5.12. The molecule has 0 fully saturated rings. The van der Waals surface area contributed by atoms with E-state index in [1.807, 2.05) is 0 Å². The minimum absolute atomic E-state index is 0.186. The largest absolute Gasteiger partial charge is 0.493 e. The number of nitrogens with zero attached hydrogens (tertiary/aromatic N) is 1. The number of rotatable bonds is 6. The van der Waals surface area contributed by atoms with Crippen molar-refractivity contribution in [3.8, 4) is 11.5 Å². The van der Waals surface area contributed by atoms with Crippen LogP contribution in [0.1, 0.15) is 26.3 Å². The first-order valence-electron chi connectivity index (χ1n) is 8.81. The highest BCUT2D eigenvalue weighted by atomic mass is 35.5. The number of hydrazone groups is 1. The standard InChI is InChI=1S/C22H15Cl2FN2O4/c1-30-20-10-13(12-26-27-21(28)14-3-6-16(25)7-4-14)2-9-19(20)31-22(29)15-5-8-17(23)18(24)11-15/h2-12H,1H3,(H,27,28)/b26-12-. The molecule has 1 amide bonds. The van der Waals surface area contributed by atoms with E-state index in [2.05, 4.69) is 10.5 Å². The van der Waals surface area contributed by atoms with Crippen LogP contribution in [0.4, 0.5) is 4.39 Å². The third-order valence-corrected chi connectivity index (χ3v) is 4.77. The summed E-state index contributed by atoms with van der Waals surface area (Å²) in [6.45, 7) is 0. The molecule has 1 N–H and O–H groups in total. The third-order valence-electron chi connectivity index (χ3n) is 4.03. The van der Waals surface area contributed by atoms with Gasteiger partial charge in [-0.1, -0.05) is 23.2 Å². The summed E-state index contributed by atoms with van der Waals surface area (Å²) in [7, 11) is 1.42. The molecule has 0 heterocycles. The molecule has 0 spiro atoms. The van der Waals surface area contributed by atoms with Crippen LogP contribution in [0.3, 0.4) is 0 Å². The van der Waals surface area contributed by atoms with Gasteiger partial charge in [-0.3, -0.25) is 4.79 Å². The Morgan fingerprint density at radius 2 is 1.65 bits per heavy atom. The van der Waals surface area contributed by atoms with Gasteiger partial charge in [-0.25, -0.2) is 14.6 Å². The molecule has 0 saturated carbocycles. The Bertz CT molecular complexity index is 1150. The monoisotopic (exact) mass is 460 g/mol. The van der Waals surface area contributed by atoms with Crippen LogP contribution in [0.25, 0.3) is 0 Å². The first-order valence-corrected chi connectivity index (χ1v) is 9.57. The molecule has 0 aliphatic rings. The van der Waals surface area contributed by atoms with E-state index in [9.17, 15) is 14.0 Å². The summed E-state index contributed by atoms with van der Waals surface area (Å²) in [4.78, 5) is 24.3. The fourth-order valence-electron chi connectivity index (χ4n) is 2.46. The van der Waals surface area contributed by atoms with Crippen molar-refractivity contribution in [3.63, 3.8) is 0 Å². The number of carbonyl (C=O) groups is 2. The second-order valence-corrected chi connectivity index (χ2v) is 6.95. The number of halogens is 3. The second-order valence-electron chi connectivity index (χ2n) is 6.13. The van der Waals surface area contributed by atoms with Gasteiger partial charge in [0, 0.05) is 5.56 Å². The summed E-state index contributed by atoms with van der Waals surface area (Å²) in [6.07, 6.45) is 1.38. The summed E-state index contributed by atoms with van der Waals surface area (Å²) >= 11 is 11.8. The van der Waals surface area contributed by atoms with E-state index in [1.54, 1.807) is 12.1 Å². The van der Waals surface area contributed by atoms with Crippen molar-refractivity contribution < 1.29 is 23.5 Å². The summed E-state index contributed by atoms with van der Waals surface area (Å²) in [5.74, 6) is -1.10. The molecule has 158 valence electrons. The molecule has 0 aliphatic heterocycles. The van der Waals surface area contributed by atoms with Gasteiger partial charge in [0.2, 0.25) is 0 Å². The molecule has 0 radical (unpaired) electrons. The van der Waals surface area contributed by atoms with Crippen LogP contribution in [0.15, 0.2) is 65.8 Å². The second kappa shape index (κ2) is 10.1. The molecule has 0 aliphatic carbocycles. The molecule has 31 heavy (non-hydrogen) atoms. The van der Waals surface area contributed by atoms with Gasteiger partial charge >= 0.3 is 5.97 Å². The molecule has 0 atom stereocenters. The predicted molar refractivity (Wildman–Crippen MR) is 116 cm³/mol. The first-order chi connectivity index (χ1) is 14.9. The molecular formula is C22H15Cl2FN2O4. The lowest BCUT2D eigenvalue weighted by atomic mass is 10.2. The van der Waals surface area contributed by atoms with Gasteiger partial charge in [0.1, 0.15) is 5.82 Å². The Morgan fingerprint density at radius 1 is 0.935 bits per heavy atom. The summed E-state index contributed by atoms with van der Waals surface area (Å²) in [6, 6.07) is 14.2. The Hall–Kier alpha value is -3.42. The van der Waals surface area contributed by atoms with E-state index < -0.39 is 17.7 Å². The number of nitrogens with one attached hydrogen (secondary N) is 1. The van der Waals surface area contributed by atoms with Crippen molar-refractivity contribution in [1.29, 1.82) is 0 Å². The number of carbonyl (C=O) groups excluding carboxylic acids is 2. The van der Waals surface area contributed by atoms with E-state index in [4.69, 9.17) is 32.7 Å². The molecule has 9 heteroatoms. The number of methoxy groups -OCH3 is 1. The van der Waals surface area contributed by atoms with Crippen LogP contribution in [0.2, 0.25) is 10.0 Å². The average Bonchev–Trinajstić information content (AvgIpc) is 2.76. The summed E-state index contributed by atoms with van der Waals surface area (Å²) in [5.41, 5.74) is 3.41. The normalized spacial score (nSPS) is 10.7. The van der Waals surface area contributed by atoms with Crippen molar-refractivity contribution in [1.82, 2.24) is 5.43 Å². The van der Waals surface area contributed by atoms with Crippen molar-refractivity contribution in [2.45, 2.75) is 0 Å². The van der Waals surface area contributed by atoms with Crippen molar-refractivity contribution in [2.24, 2.45) is 5.10 Å². The molecule has 0 bridgehead atoms.